The Morgan fingerprint density at radius 2 is 2.53 bits per heavy atom. The Balaban J connectivity index is 2.83. The van der Waals surface area contributed by atoms with Gasteiger partial charge in [-0.05, 0) is 19.1 Å². The summed E-state index contributed by atoms with van der Waals surface area (Å²) in [6.07, 6.45) is 1.55. The minimum atomic E-state index is -0.354. The zero-order chi connectivity index (χ0) is 11.1. The average molecular weight is 205 g/mol. The number of ether oxygens (including phenoxy) is 1. The molecule has 0 saturated carbocycles. The van der Waals surface area contributed by atoms with Gasteiger partial charge in [-0.25, -0.2) is 4.98 Å². The van der Waals surface area contributed by atoms with Crippen LogP contribution < -0.4 is 10.1 Å². The number of nitrogens with one attached hydrogen (secondary N) is 1. The molecule has 0 aromatic carbocycles. The lowest BCUT2D eigenvalue weighted by molar-refractivity contribution is 0.0954. The Morgan fingerprint density at radius 3 is 3.20 bits per heavy atom. The van der Waals surface area contributed by atoms with Gasteiger partial charge in [0.15, 0.2) is 0 Å². The molecule has 5 nitrogen and oxygen atoms in total. The van der Waals surface area contributed by atoms with Gasteiger partial charge in [-0.2, -0.15) is 5.26 Å². The molecule has 5 heteroatoms. The van der Waals surface area contributed by atoms with E-state index in [9.17, 15) is 4.79 Å². The highest BCUT2D eigenvalue weighted by molar-refractivity contribution is 5.96. The monoisotopic (exact) mass is 205 g/mol. The van der Waals surface area contributed by atoms with E-state index in [0.29, 0.717) is 12.2 Å². The molecule has 0 aliphatic rings. The lowest BCUT2D eigenvalue weighted by Gasteiger charge is -2.07. The highest BCUT2D eigenvalue weighted by atomic mass is 16.5. The first-order valence-corrected chi connectivity index (χ1v) is 4.52. The highest BCUT2D eigenvalue weighted by Gasteiger charge is 2.11. The van der Waals surface area contributed by atoms with Gasteiger partial charge in [0, 0.05) is 6.20 Å². The van der Waals surface area contributed by atoms with Gasteiger partial charge < -0.3 is 10.1 Å². The molecule has 0 saturated heterocycles. The van der Waals surface area contributed by atoms with Crippen molar-refractivity contribution < 1.29 is 9.53 Å². The zero-order valence-corrected chi connectivity index (χ0v) is 8.36. The number of hydrogen-bond donors (Lipinski definition) is 1. The van der Waals surface area contributed by atoms with E-state index in [1.54, 1.807) is 18.3 Å². The maximum Gasteiger partial charge on any atom is 0.257 e. The molecule has 15 heavy (non-hydrogen) atoms. The Bertz CT molecular complexity index is 384. The number of amides is 1. The lowest BCUT2D eigenvalue weighted by Crippen LogP contribution is -2.24. The predicted molar refractivity (Wildman–Crippen MR) is 53.4 cm³/mol. The van der Waals surface area contributed by atoms with E-state index in [4.69, 9.17) is 10.00 Å². The minimum Gasteiger partial charge on any atom is -0.477 e. The van der Waals surface area contributed by atoms with E-state index in [1.165, 1.54) is 0 Å². The van der Waals surface area contributed by atoms with Gasteiger partial charge in [-0.15, -0.1) is 0 Å². The summed E-state index contributed by atoms with van der Waals surface area (Å²) < 4.78 is 5.18. The molecule has 0 aliphatic heterocycles. The fraction of sp³-hybridized carbons (Fsp3) is 0.300. The third-order valence-corrected chi connectivity index (χ3v) is 1.62. The number of nitriles is 1. The molecule has 0 atom stereocenters. The number of pyridine rings is 1. The van der Waals surface area contributed by atoms with Crippen LogP contribution >= 0.6 is 0 Å². The van der Waals surface area contributed by atoms with E-state index in [1.807, 2.05) is 13.0 Å². The Hall–Kier alpha value is -2.09. The highest BCUT2D eigenvalue weighted by Crippen LogP contribution is 2.13. The summed E-state index contributed by atoms with van der Waals surface area (Å²) >= 11 is 0. The van der Waals surface area contributed by atoms with Crippen LogP contribution in [0.3, 0.4) is 0 Å². The van der Waals surface area contributed by atoms with Crippen molar-refractivity contribution in [2.75, 3.05) is 13.2 Å². The summed E-state index contributed by atoms with van der Waals surface area (Å²) in [4.78, 5) is 15.4. The van der Waals surface area contributed by atoms with Gasteiger partial charge in [0.2, 0.25) is 5.88 Å². The molecule has 1 amide bonds. The van der Waals surface area contributed by atoms with Crippen LogP contribution in [0, 0.1) is 11.3 Å². The molecule has 1 N–H and O–H groups in total. The van der Waals surface area contributed by atoms with E-state index >= 15 is 0 Å². The van der Waals surface area contributed by atoms with Gasteiger partial charge >= 0.3 is 0 Å². The summed E-state index contributed by atoms with van der Waals surface area (Å²) in [7, 11) is 0. The molecule has 0 fully saturated rings. The maximum absolute atomic E-state index is 11.5. The normalized spacial score (nSPS) is 9.07. The molecule has 0 spiro atoms. The van der Waals surface area contributed by atoms with Crippen LogP contribution in [0.15, 0.2) is 18.3 Å². The van der Waals surface area contributed by atoms with Crippen LogP contribution in [-0.4, -0.2) is 24.0 Å². The van der Waals surface area contributed by atoms with Gasteiger partial charge in [-0.1, -0.05) is 0 Å². The van der Waals surface area contributed by atoms with Gasteiger partial charge in [0.1, 0.15) is 12.1 Å². The van der Waals surface area contributed by atoms with Gasteiger partial charge in [0.25, 0.3) is 5.91 Å². The predicted octanol–water partition coefficient (Wildman–Crippen LogP) is 0.734. The molecule has 0 aliphatic carbocycles. The fourth-order valence-corrected chi connectivity index (χ4v) is 1.03. The van der Waals surface area contributed by atoms with Crippen LogP contribution in [0.2, 0.25) is 0 Å². The first kappa shape index (κ1) is 11.0. The third kappa shape index (κ3) is 2.95. The Morgan fingerprint density at radius 1 is 1.73 bits per heavy atom. The summed E-state index contributed by atoms with van der Waals surface area (Å²) in [5.74, 6) is -0.0662. The second-order valence-electron chi connectivity index (χ2n) is 2.63. The van der Waals surface area contributed by atoms with Gasteiger partial charge in [0.05, 0.1) is 12.7 Å². The summed E-state index contributed by atoms with van der Waals surface area (Å²) in [6.45, 7) is 2.22. The standard InChI is InChI=1S/C10H11N3O2/c1-2-15-10-8(4-3-6-13-10)9(14)12-7-5-11/h3-4,6H,2,7H2,1H3,(H,12,14). The van der Waals surface area contributed by atoms with Crippen LogP contribution in [0.4, 0.5) is 0 Å². The SMILES string of the molecule is CCOc1ncccc1C(=O)NCC#N. The molecular formula is C10H11N3O2. The molecule has 0 radical (unpaired) electrons. The number of aromatic nitrogens is 1. The van der Waals surface area contributed by atoms with Gasteiger partial charge in [-0.3, -0.25) is 4.79 Å². The summed E-state index contributed by atoms with van der Waals surface area (Å²) in [5.41, 5.74) is 0.342. The van der Waals surface area contributed by atoms with Crippen molar-refractivity contribution in [3.05, 3.63) is 23.9 Å². The van der Waals surface area contributed by atoms with Crippen molar-refractivity contribution in [1.82, 2.24) is 10.3 Å². The number of carbonyl (C=O) groups excluding carboxylic acids is 1. The third-order valence-electron chi connectivity index (χ3n) is 1.62. The fourth-order valence-electron chi connectivity index (χ4n) is 1.03. The number of carbonyl (C=O) groups is 1. The minimum absolute atomic E-state index is 0.0285. The molecule has 1 aromatic rings. The zero-order valence-electron chi connectivity index (χ0n) is 8.36. The second-order valence-corrected chi connectivity index (χ2v) is 2.63. The van der Waals surface area contributed by atoms with Crippen LogP contribution in [0.5, 0.6) is 5.88 Å². The van der Waals surface area contributed by atoms with E-state index in [0.717, 1.165) is 0 Å². The summed E-state index contributed by atoms with van der Waals surface area (Å²) in [6, 6.07) is 5.07. The Labute approximate surface area is 87.7 Å². The van der Waals surface area contributed by atoms with E-state index in [2.05, 4.69) is 10.3 Å². The van der Waals surface area contributed by atoms with Crippen molar-refractivity contribution in [1.29, 1.82) is 5.26 Å². The van der Waals surface area contributed by atoms with Crippen LogP contribution in [-0.2, 0) is 0 Å². The maximum atomic E-state index is 11.5. The molecule has 1 rings (SSSR count). The van der Waals surface area contributed by atoms with Crippen molar-refractivity contribution in [3.8, 4) is 11.9 Å². The quantitative estimate of drug-likeness (QED) is 0.735. The number of hydrogen-bond acceptors (Lipinski definition) is 4. The van der Waals surface area contributed by atoms with E-state index in [-0.39, 0.29) is 18.3 Å². The average Bonchev–Trinajstić information content (AvgIpc) is 2.27. The summed E-state index contributed by atoms with van der Waals surface area (Å²) in [5, 5.41) is 10.8. The molecule has 1 aromatic heterocycles. The van der Waals surface area contributed by atoms with Crippen molar-refractivity contribution >= 4 is 5.91 Å². The van der Waals surface area contributed by atoms with Crippen LogP contribution in [0.25, 0.3) is 0 Å². The molecule has 0 unspecified atom stereocenters. The first-order chi connectivity index (χ1) is 7.29. The Kier molecular flexibility index (Phi) is 4.10. The van der Waals surface area contributed by atoms with E-state index < -0.39 is 0 Å². The number of rotatable bonds is 4. The molecule has 1 heterocycles. The first-order valence-electron chi connectivity index (χ1n) is 4.52. The molecule has 0 bridgehead atoms. The lowest BCUT2D eigenvalue weighted by atomic mass is 10.2. The largest absolute Gasteiger partial charge is 0.477 e. The molecule has 78 valence electrons. The number of nitrogens with zero attached hydrogens (tertiary/aromatic N) is 2. The smallest absolute Gasteiger partial charge is 0.257 e. The van der Waals surface area contributed by atoms with Crippen LogP contribution in [0.1, 0.15) is 17.3 Å². The topological polar surface area (TPSA) is 75.0 Å². The second kappa shape index (κ2) is 5.60. The van der Waals surface area contributed by atoms with Crippen molar-refractivity contribution in [2.24, 2.45) is 0 Å². The van der Waals surface area contributed by atoms with Crippen molar-refractivity contribution in [3.63, 3.8) is 0 Å². The molecular weight excluding hydrogens is 194 g/mol. The van der Waals surface area contributed by atoms with Crippen molar-refractivity contribution in [2.45, 2.75) is 6.92 Å².